The van der Waals surface area contributed by atoms with E-state index in [0.29, 0.717) is 5.02 Å². The molecule has 1 aromatic heterocycles. The van der Waals surface area contributed by atoms with Gasteiger partial charge in [-0.05, 0) is 55.5 Å². The molecule has 0 saturated carbocycles. The number of anilines is 2. The van der Waals surface area contributed by atoms with Gasteiger partial charge in [-0.1, -0.05) is 11.6 Å². The summed E-state index contributed by atoms with van der Waals surface area (Å²) < 4.78 is 0. The number of thiophene rings is 1. The predicted molar refractivity (Wildman–Crippen MR) is 85.1 cm³/mol. The van der Waals surface area contributed by atoms with Crippen molar-refractivity contribution in [3.8, 4) is 0 Å². The van der Waals surface area contributed by atoms with E-state index in [-0.39, 0.29) is 6.03 Å². The summed E-state index contributed by atoms with van der Waals surface area (Å²) in [5, 5.41) is 8.45. The number of fused-ring (bicyclic) bond motifs is 1. The molecule has 0 saturated heterocycles. The lowest BCUT2D eigenvalue weighted by Gasteiger charge is -2.13. The molecule has 2 aromatic rings. The molecular weight excluding hydrogens is 292 g/mol. The van der Waals surface area contributed by atoms with Gasteiger partial charge in [0.25, 0.3) is 0 Å². The van der Waals surface area contributed by atoms with Gasteiger partial charge in [0.05, 0.1) is 5.69 Å². The predicted octanol–water partition coefficient (Wildman–Crippen LogP) is 4.92. The molecule has 3 rings (SSSR count). The topological polar surface area (TPSA) is 41.1 Å². The minimum atomic E-state index is -0.210. The Hall–Kier alpha value is -1.52. The van der Waals surface area contributed by atoms with Crippen molar-refractivity contribution in [1.82, 2.24) is 0 Å². The van der Waals surface area contributed by atoms with Crippen LogP contribution in [-0.2, 0) is 12.8 Å². The van der Waals surface area contributed by atoms with E-state index in [2.05, 4.69) is 10.6 Å². The van der Waals surface area contributed by atoms with Crippen LogP contribution in [0.3, 0.4) is 0 Å². The monoisotopic (exact) mass is 306 g/mol. The number of nitrogens with one attached hydrogen (secondary N) is 2. The third kappa shape index (κ3) is 2.97. The van der Waals surface area contributed by atoms with Gasteiger partial charge >= 0.3 is 6.03 Å². The summed E-state index contributed by atoms with van der Waals surface area (Å²) >= 11 is 7.56. The molecule has 0 fully saturated rings. The molecule has 1 heterocycles. The zero-order valence-electron chi connectivity index (χ0n) is 10.9. The zero-order valence-corrected chi connectivity index (χ0v) is 12.5. The molecular formula is C15H15ClN2OS. The van der Waals surface area contributed by atoms with Crippen LogP contribution in [-0.4, -0.2) is 6.03 Å². The summed E-state index contributed by atoms with van der Waals surface area (Å²) in [5.41, 5.74) is 3.00. The molecule has 0 unspecified atom stereocenters. The molecule has 20 heavy (non-hydrogen) atoms. The molecule has 104 valence electrons. The SMILES string of the molecule is O=C(Nc1ccc(Cl)cc1)Nc1csc2c1CCCC2. The Labute approximate surface area is 127 Å². The van der Waals surface area contributed by atoms with Crippen molar-refractivity contribution in [2.45, 2.75) is 25.7 Å². The first-order valence-corrected chi connectivity index (χ1v) is 7.91. The molecule has 0 radical (unpaired) electrons. The first kappa shape index (κ1) is 13.5. The fraction of sp³-hybridized carbons (Fsp3) is 0.267. The van der Waals surface area contributed by atoms with Gasteiger partial charge in [-0.25, -0.2) is 4.79 Å². The highest BCUT2D eigenvalue weighted by Crippen LogP contribution is 2.33. The van der Waals surface area contributed by atoms with Gasteiger partial charge in [-0.3, -0.25) is 0 Å². The lowest BCUT2D eigenvalue weighted by molar-refractivity contribution is 0.262. The summed E-state index contributed by atoms with van der Waals surface area (Å²) in [4.78, 5) is 13.4. The summed E-state index contributed by atoms with van der Waals surface area (Å²) in [6, 6.07) is 6.86. The molecule has 2 N–H and O–H groups in total. The average Bonchev–Trinajstić information content (AvgIpc) is 2.85. The van der Waals surface area contributed by atoms with E-state index < -0.39 is 0 Å². The minimum Gasteiger partial charge on any atom is -0.308 e. The number of amides is 2. The van der Waals surface area contributed by atoms with Crippen LogP contribution < -0.4 is 10.6 Å². The second-order valence-electron chi connectivity index (χ2n) is 4.84. The zero-order chi connectivity index (χ0) is 13.9. The van der Waals surface area contributed by atoms with Crippen molar-refractivity contribution in [3.63, 3.8) is 0 Å². The van der Waals surface area contributed by atoms with Crippen LogP contribution in [0.25, 0.3) is 0 Å². The molecule has 3 nitrogen and oxygen atoms in total. The molecule has 2 amide bonds. The minimum absolute atomic E-state index is 0.210. The summed E-state index contributed by atoms with van der Waals surface area (Å²) in [6.07, 6.45) is 4.66. The van der Waals surface area contributed by atoms with Crippen molar-refractivity contribution >= 4 is 40.3 Å². The highest BCUT2D eigenvalue weighted by Gasteiger charge is 2.16. The van der Waals surface area contributed by atoms with Crippen molar-refractivity contribution < 1.29 is 4.79 Å². The lowest BCUT2D eigenvalue weighted by Crippen LogP contribution is -2.20. The lowest BCUT2D eigenvalue weighted by atomic mass is 9.98. The van der Waals surface area contributed by atoms with E-state index in [1.54, 1.807) is 35.6 Å². The average molecular weight is 307 g/mol. The number of carbonyl (C=O) groups is 1. The number of hydrogen-bond donors (Lipinski definition) is 2. The molecule has 1 aromatic carbocycles. The van der Waals surface area contributed by atoms with Gasteiger partial charge in [0.15, 0.2) is 0 Å². The van der Waals surface area contributed by atoms with Gasteiger partial charge in [0.1, 0.15) is 0 Å². The molecule has 0 aliphatic heterocycles. The van der Waals surface area contributed by atoms with Gasteiger partial charge in [-0.2, -0.15) is 0 Å². The van der Waals surface area contributed by atoms with Crippen LogP contribution in [0.1, 0.15) is 23.3 Å². The Morgan fingerprint density at radius 3 is 2.65 bits per heavy atom. The molecule has 1 aliphatic carbocycles. The Morgan fingerprint density at radius 2 is 1.85 bits per heavy atom. The van der Waals surface area contributed by atoms with Crippen molar-refractivity contribution in [1.29, 1.82) is 0 Å². The highest BCUT2D eigenvalue weighted by molar-refractivity contribution is 7.10. The highest BCUT2D eigenvalue weighted by atomic mass is 35.5. The summed E-state index contributed by atoms with van der Waals surface area (Å²) in [5.74, 6) is 0. The number of hydrogen-bond acceptors (Lipinski definition) is 2. The fourth-order valence-electron chi connectivity index (χ4n) is 2.42. The van der Waals surface area contributed by atoms with Crippen molar-refractivity contribution in [2.75, 3.05) is 10.6 Å². The number of carbonyl (C=O) groups excluding carboxylic acids is 1. The van der Waals surface area contributed by atoms with E-state index in [9.17, 15) is 4.79 Å². The second-order valence-corrected chi connectivity index (χ2v) is 6.24. The molecule has 0 spiro atoms. The van der Waals surface area contributed by atoms with Gasteiger partial charge in [0.2, 0.25) is 0 Å². The van der Waals surface area contributed by atoms with E-state index >= 15 is 0 Å². The van der Waals surface area contributed by atoms with Crippen LogP contribution >= 0.6 is 22.9 Å². The molecule has 1 aliphatic rings. The first-order chi connectivity index (χ1) is 9.72. The van der Waals surface area contributed by atoms with Gasteiger partial charge in [-0.15, -0.1) is 11.3 Å². The van der Waals surface area contributed by atoms with E-state index in [4.69, 9.17) is 11.6 Å². The number of rotatable bonds is 2. The Balaban J connectivity index is 1.67. The standard InChI is InChI=1S/C15H15ClN2OS/c16-10-5-7-11(8-6-10)17-15(19)18-13-9-20-14-4-2-1-3-12(13)14/h5-9H,1-4H2,(H2,17,18,19). The Morgan fingerprint density at radius 1 is 1.10 bits per heavy atom. The number of halogens is 1. The smallest absolute Gasteiger partial charge is 0.308 e. The van der Waals surface area contributed by atoms with Gasteiger partial charge in [0, 0.05) is 21.0 Å². The maximum atomic E-state index is 12.0. The van der Waals surface area contributed by atoms with E-state index in [1.807, 2.05) is 5.38 Å². The Bertz CT molecular complexity index is 621. The Kier molecular flexibility index (Phi) is 3.94. The molecule has 0 atom stereocenters. The fourth-order valence-corrected chi connectivity index (χ4v) is 3.62. The third-order valence-electron chi connectivity index (χ3n) is 3.41. The number of aryl methyl sites for hydroxylation is 1. The largest absolute Gasteiger partial charge is 0.323 e. The molecule has 5 heteroatoms. The number of urea groups is 1. The van der Waals surface area contributed by atoms with Crippen LogP contribution in [0.2, 0.25) is 5.02 Å². The summed E-state index contributed by atoms with van der Waals surface area (Å²) in [7, 11) is 0. The second kappa shape index (κ2) is 5.85. The maximum absolute atomic E-state index is 12.0. The maximum Gasteiger partial charge on any atom is 0.323 e. The van der Waals surface area contributed by atoms with Crippen molar-refractivity contribution in [3.05, 3.63) is 45.1 Å². The normalized spacial score (nSPS) is 13.7. The quantitative estimate of drug-likeness (QED) is 0.812. The van der Waals surface area contributed by atoms with Crippen molar-refractivity contribution in [2.24, 2.45) is 0 Å². The van der Waals surface area contributed by atoms with Crippen LogP contribution in [0.5, 0.6) is 0 Å². The first-order valence-electron chi connectivity index (χ1n) is 6.65. The van der Waals surface area contributed by atoms with Gasteiger partial charge < -0.3 is 10.6 Å². The third-order valence-corrected chi connectivity index (χ3v) is 4.75. The van der Waals surface area contributed by atoms with E-state index in [0.717, 1.165) is 24.2 Å². The van der Waals surface area contributed by atoms with Crippen LogP contribution in [0.15, 0.2) is 29.6 Å². The number of benzene rings is 1. The van der Waals surface area contributed by atoms with E-state index in [1.165, 1.54) is 23.3 Å². The molecule has 0 bridgehead atoms. The summed E-state index contributed by atoms with van der Waals surface area (Å²) in [6.45, 7) is 0. The van der Waals surface area contributed by atoms with Crippen LogP contribution in [0, 0.1) is 0 Å². The van der Waals surface area contributed by atoms with Crippen LogP contribution in [0.4, 0.5) is 16.2 Å².